The lowest BCUT2D eigenvalue weighted by Gasteiger charge is -2.44. The van der Waals surface area contributed by atoms with Crippen molar-refractivity contribution in [2.45, 2.75) is 64.2 Å². The van der Waals surface area contributed by atoms with Crippen molar-refractivity contribution in [3.8, 4) is 5.75 Å². The second-order valence-corrected chi connectivity index (χ2v) is 13.0. The number of aromatic nitrogens is 3. The normalized spacial score (nSPS) is 24.3. The van der Waals surface area contributed by atoms with E-state index in [0.29, 0.717) is 28.1 Å². The molecule has 0 aliphatic carbocycles. The SMILES string of the molecule is CCOC(=O)c1cc2c(nc(CN3CCC(C4O[C@](C)(c5ccc(Cl)cn5)Oc5ccccc54)CC3)n2C[C@@H]2CCO2)s1. The number of carbonyl (C=O) groups is 1. The minimum absolute atomic E-state index is 0.112. The molecule has 0 N–H and O–H groups in total. The number of rotatable bonds is 8. The van der Waals surface area contributed by atoms with Gasteiger partial charge in [0.2, 0.25) is 0 Å². The van der Waals surface area contributed by atoms with E-state index in [-0.39, 0.29) is 18.2 Å². The zero-order valence-electron chi connectivity index (χ0n) is 24.3. The molecule has 1 aromatic carbocycles. The summed E-state index contributed by atoms with van der Waals surface area (Å²) in [4.78, 5) is 25.8. The van der Waals surface area contributed by atoms with Crippen molar-refractivity contribution >= 4 is 39.3 Å². The van der Waals surface area contributed by atoms with E-state index < -0.39 is 5.79 Å². The smallest absolute Gasteiger partial charge is 0.348 e. The van der Waals surface area contributed by atoms with Crippen molar-refractivity contribution < 1.29 is 23.7 Å². The number of ether oxygens (including phenoxy) is 4. The van der Waals surface area contributed by atoms with Crippen molar-refractivity contribution in [1.29, 1.82) is 0 Å². The molecule has 11 heteroatoms. The van der Waals surface area contributed by atoms with Crippen LogP contribution in [0.3, 0.4) is 0 Å². The predicted octanol–water partition coefficient (Wildman–Crippen LogP) is 6.35. The van der Waals surface area contributed by atoms with Gasteiger partial charge in [-0.1, -0.05) is 29.8 Å². The van der Waals surface area contributed by atoms with Crippen LogP contribution in [0.15, 0.2) is 48.7 Å². The number of para-hydroxylation sites is 1. The Morgan fingerprint density at radius 2 is 2.00 bits per heavy atom. The number of fused-ring (bicyclic) bond motifs is 2. The summed E-state index contributed by atoms with van der Waals surface area (Å²) in [5, 5.41) is 0.576. The Morgan fingerprint density at radius 1 is 1.19 bits per heavy atom. The molecule has 4 aromatic rings. The lowest BCUT2D eigenvalue weighted by molar-refractivity contribution is -0.244. The minimum atomic E-state index is -1.01. The molecule has 0 amide bonds. The Balaban J connectivity index is 1.08. The number of halogens is 1. The number of carbonyl (C=O) groups excluding carboxylic acids is 1. The summed E-state index contributed by atoms with van der Waals surface area (Å²) in [5.41, 5.74) is 2.76. The third-order valence-electron chi connectivity index (χ3n) is 8.68. The van der Waals surface area contributed by atoms with Crippen LogP contribution in [-0.4, -0.2) is 57.8 Å². The third kappa shape index (κ3) is 5.67. The van der Waals surface area contributed by atoms with E-state index in [1.807, 2.05) is 50.2 Å². The quantitative estimate of drug-likeness (QED) is 0.210. The lowest BCUT2D eigenvalue weighted by Crippen LogP contribution is -2.43. The number of pyridine rings is 1. The van der Waals surface area contributed by atoms with Gasteiger partial charge in [0.1, 0.15) is 27.0 Å². The molecule has 0 spiro atoms. The van der Waals surface area contributed by atoms with Crippen molar-refractivity contribution in [2.75, 3.05) is 26.3 Å². The highest BCUT2D eigenvalue weighted by atomic mass is 35.5. The van der Waals surface area contributed by atoms with Gasteiger partial charge in [-0.25, -0.2) is 9.78 Å². The van der Waals surface area contributed by atoms with Gasteiger partial charge in [0.25, 0.3) is 5.79 Å². The zero-order valence-corrected chi connectivity index (χ0v) is 25.9. The summed E-state index contributed by atoms with van der Waals surface area (Å²) in [6.45, 7) is 8.25. The van der Waals surface area contributed by atoms with E-state index in [1.54, 1.807) is 6.20 Å². The summed E-state index contributed by atoms with van der Waals surface area (Å²) in [7, 11) is 0. The summed E-state index contributed by atoms with van der Waals surface area (Å²) >= 11 is 7.51. The standard InChI is InChI=1S/C32H35ClN4O5S/c1-3-39-31(38)26-16-24-30(43-26)35-28(37(24)18-22-12-15-40-22)19-36-13-10-20(11-14-36)29-23-6-4-5-7-25(23)41-32(2,42-29)27-9-8-21(33)17-34-27/h4-9,16-17,20,22,29H,3,10-15,18-19H2,1-2H3/t22-,29?,32+/m0/s1. The van der Waals surface area contributed by atoms with Gasteiger partial charge in [-0.05, 0) is 69.5 Å². The molecule has 2 fully saturated rings. The number of thiophene rings is 1. The molecular weight excluding hydrogens is 588 g/mol. The molecule has 2 saturated heterocycles. The molecule has 3 atom stereocenters. The molecule has 226 valence electrons. The molecule has 7 rings (SSSR count). The van der Waals surface area contributed by atoms with Crippen LogP contribution in [0.4, 0.5) is 0 Å². The highest BCUT2D eigenvalue weighted by molar-refractivity contribution is 7.20. The van der Waals surface area contributed by atoms with Crippen molar-refractivity contribution in [1.82, 2.24) is 19.4 Å². The largest absolute Gasteiger partial charge is 0.462 e. The van der Waals surface area contributed by atoms with E-state index >= 15 is 0 Å². The van der Waals surface area contributed by atoms with Crippen LogP contribution in [0.5, 0.6) is 5.75 Å². The second-order valence-electron chi connectivity index (χ2n) is 11.5. The van der Waals surface area contributed by atoms with Gasteiger partial charge < -0.3 is 23.5 Å². The van der Waals surface area contributed by atoms with Crippen LogP contribution in [-0.2, 0) is 33.1 Å². The molecule has 3 aromatic heterocycles. The average molecular weight is 623 g/mol. The van der Waals surface area contributed by atoms with Crippen LogP contribution < -0.4 is 4.74 Å². The minimum Gasteiger partial charge on any atom is -0.462 e. The van der Waals surface area contributed by atoms with Crippen LogP contribution in [0.2, 0.25) is 5.02 Å². The highest BCUT2D eigenvalue weighted by Gasteiger charge is 2.44. The summed E-state index contributed by atoms with van der Waals surface area (Å²) in [6.07, 6.45) is 4.71. The van der Waals surface area contributed by atoms with Crippen molar-refractivity contribution in [3.05, 3.63) is 75.6 Å². The lowest BCUT2D eigenvalue weighted by atomic mass is 9.86. The first kappa shape index (κ1) is 28.7. The fourth-order valence-corrected chi connectivity index (χ4v) is 7.35. The zero-order chi connectivity index (χ0) is 29.6. The molecule has 3 aliphatic heterocycles. The Kier molecular flexibility index (Phi) is 7.90. The third-order valence-corrected chi connectivity index (χ3v) is 9.90. The summed E-state index contributed by atoms with van der Waals surface area (Å²) in [5.74, 6) is 0.873. The van der Waals surface area contributed by atoms with E-state index in [4.69, 9.17) is 35.5 Å². The number of imidazole rings is 1. The topological polar surface area (TPSA) is 87.9 Å². The molecule has 1 unspecified atom stereocenters. The van der Waals surface area contributed by atoms with Crippen molar-refractivity contribution in [3.63, 3.8) is 0 Å². The predicted molar refractivity (Wildman–Crippen MR) is 163 cm³/mol. The number of hydrogen-bond acceptors (Lipinski definition) is 9. The molecular formula is C32H35ClN4O5S. The van der Waals surface area contributed by atoms with Gasteiger partial charge in [0.05, 0.1) is 42.4 Å². The highest BCUT2D eigenvalue weighted by Crippen LogP contribution is 2.48. The van der Waals surface area contributed by atoms with Crippen molar-refractivity contribution in [2.24, 2.45) is 5.92 Å². The van der Waals surface area contributed by atoms with Crippen LogP contribution in [0, 0.1) is 5.92 Å². The monoisotopic (exact) mass is 622 g/mol. The van der Waals surface area contributed by atoms with Gasteiger partial charge in [-0.15, -0.1) is 11.3 Å². The number of benzene rings is 1. The average Bonchev–Trinajstić information content (AvgIpc) is 3.53. The molecule has 43 heavy (non-hydrogen) atoms. The van der Waals surface area contributed by atoms with Gasteiger partial charge in [0, 0.05) is 25.3 Å². The van der Waals surface area contributed by atoms with E-state index in [2.05, 4.69) is 20.5 Å². The molecule has 0 bridgehead atoms. The Hall–Kier alpha value is -3.02. The van der Waals surface area contributed by atoms with Gasteiger partial charge in [-0.2, -0.15) is 0 Å². The summed E-state index contributed by atoms with van der Waals surface area (Å²) in [6, 6.07) is 13.8. The van der Waals surface area contributed by atoms with Gasteiger partial charge in [-0.3, -0.25) is 9.88 Å². The number of likely N-dealkylation sites (tertiary alicyclic amines) is 1. The second kappa shape index (κ2) is 11.8. The van der Waals surface area contributed by atoms with E-state index in [1.165, 1.54) is 11.3 Å². The first-order chi connectivity index (χ1) is 20.9. The number of nitrogens with zero attached hydrogens (tertiary/aromatic N) is 4. The number of hydrogen-bond donors (Lipinski definition) is 0. The first-order valence-corrected chi connectivity index (χ1v) is 16.2. The molecule has 3 aliphatic rings. The Bertz CT molecular complexity index is 1610. The maximum absolute atomic E-state index is 12.4. The Labute approximate surface area is 259 Å². The molecule has 9 nitrogen and oxygen atoms in total. The van der Waals surface area contributed by atoms with E-state index in [0.717, 1.165) is 79.5 Å². The fourth-order valence-electron chi connectivity index (χ4n) is 6.29. The number of esters is 1. The molecule has 0 saturated carbocycles. The van der Waals surface area contributed by atoms with Crippen LogP contribution in [0.1, 0.15) is 66.0 Å². The fraction of sp³-hybridized carbons (Fsp3) is 0.469. The van der Waals surface area contributed by atoms with Crippen LogP contribution in [0.25, 0.3) is 10.3 Å². The van der Waals surface area contributed by atoms with Gasteiger partial charge in [0.15, 0.2) is 0 Å². The van der Waals surface area contributed by atoms with Crippen LogP contribution >= 0.6 is 22.9 Å². The van der Waals surface area contributed by atoms with Gasteiger partial charge >= 0.3 is 5.97 Å². The Morgan fingerprint density at radius 3 is 2.72 bits per heavy atom. The summed E-state index contributed by atoms with van der Waals surface area (Å²) < 4.78 is 26.4. The first-order valence-electron chi connectivity index (χ1n) is 15.0. The van der Waals surface area contributed by atoms with E-state index in [9.17, 15) is 4.79 Å². The number of piperidine rings is 1. The maximum Gasteiger partial charge on any atom is 0.348 e. The molecule has 6 heterocycles. The molecule has 0 radical (unpaired) electrons. The maximum atomic E-state index is 12.4.